The SMILES string of the molecule is O=C(CNC(c1ccccc1)C1CCCC1)NC1CCOCC1. The minimum atomic E-state index is 0.107. The Morgan fingerprint density at radius 3 is 2.48 bits per heavy atom. The van der Waals surface area contributed by atoms with Gasteiger partial charge in [-0.2, -0.15) is 0 Å². The molecule has 4 heteroatoms. The third kappa shape index (κ3) is 4.79. The molecule has 4 nitrogen and oxygen atoms in total. The third-order valence-electron chi connectivity index (χ3n) is 5.10. The van der Waals surface area contributed by atoms with Gasteiger partial charge < -0.3 is 15.4 Å². The zero-order valence-electron chi connectivity index (χ0n) is 13.8. The molecular weight excluding hydrogens is 288 g/mol. The van der Waals surface area contributed by atoms with Crippen molar-refractivity contribution in [3.05, 3.63) is 35.9 Å². The normalized spacial score (nSPS) is 21.2. The minimum Gasteiger partial charge on any atom is -0.381 e. The van der Waals surface area contributed by atoms with Gasteiger partial charge in [0, 0.05) is 25.3 Å². The van der Waals surface area contributed by atoms with Crippen molar-refractivity contribution in [1.29, 1.82) is 0 Å². The predicted octanol–water partition coefficient (Wildman–Crippen LogP) is 2.80. The number of hydrogen-bond acceptors (Lipinski definition) is 3. The molecule has 1 atom stereocenters. The lowest BCUT2D eigenvalue weighted by molar-refractivity contribution is -0.121. The lowest BCUT2D eigenvalue weighted by atomic mass is 9.91. The van der Waals surface area contributed by atoms with Gasteiger partial charge >= 0.3 is 0 Å². The van der Waals surface area contributed by atoms with Crippen molar-refractivity contribution in [2.24, 2.45) is 5.92 Å². The van der Waals surface area contributed by atoms with E-state index in [9.17, 15) is 4.79 Å². The number of hydrogen-bond donors (Lipinski definition) is 2. The van der Waals surface area contributed by atoms with Crippen LogP contribution < -0.4 is 10.6 Å². The molecule has 126 valence electrons. The molecule has 0 aromatic heterocycles. The first kappa shape index (κ1) is 16.5. The van der Waals surface area contributed by atoms with E-state index < -0.39 is 0 Å². The van der Waals surface area contributed by atoms with Gasteiger partial charge in [-0.15, -0.1) is 0 Å². The quantitative estimate of drug-likeness (QED) is 0.848. The van der Waals surface area contributed by atoms with Crippen LogP contribution in [-0.2, 0) is 9.53 Å². The van der Waals surface area contributed by atoms with Crippen LogP contribution in [0.1, 0.15) is 50.1 Å². The lowest BCUT2D eigenvalue weighted by Crippen LogP contribution is -2.44. The molecule has 1 heterocycles. The van der Waals surface area contributed by atoms with E-state index >= 15 is 0 Å². The van der Waals surface area contributed by atoms with Crippen LogP contribution in [0.15, 0.2) is 30.3 Å². The molecule has 2 N–H and O–H groups in total. The average molecular weight is 316 g/mol. The number of amides is 1. The zero-order valence-corrected chi connectivity index (χ0v) is 13.8. The summed E-state index contributed by atoms with van der Waals surface area (Å²) in [5.74, 6) is 0.754. The Balaban J connectivity index is 1.54. The van der Waals surface area contributed by atoms with E-state index in [1.165, 1.54) is 31.2 Å². The maximum absolute atomic E-state index is 12.2. The van der Waals surface area contributed by atoms with E-state index in [-0.39, 0.29) is 11.9 Å². The van der Waals surface area contributed by atoms with Crippen molar-refractivity contribution in [2.45, 2.75) is 50.6 Å². The second kappa shape index (κ2) is 8.46. The zero-order chi connectivity index (χ0) is 15.9. The van der Waals surface area contributed by atoms with Crippen LogP contribution in [0.2, 0.25) is 0 Å². The lowest BCUT2D eigenvalue weighted by Gasteiger charge is -2.27. The van der Waals surface area contributed by atoms with Gasteiger partial charge in [0.1, 0.15) is 0 Å². The fourth-order valence-electron chi connectivity index (χ4n) is 3.83. The van der Waals surface area contributed by atoms with Crippen LogP contribution in [0.4, 0.5) is 0 Å². The van der Waals surface area contributed by atoms with E-state index in [4.69, 9.17) is 4.74 Å². The number of carbonyl (C=O) groups is 1. The summed E-state index contributed by atoms with van der Waals surface area (Å²) in [6, 6.07) is 11.1. The smallest absolute Gasteiger partial charge is 0.234 e. The highest BCUT2D eigenvalue weighted by molar-refractivity contribution is 5.78. The van der Waals surface area contributed by atoms with E-state index in [2.05, 4.69) is 34.9 Å². The van der Waals surface area contributed by atoms with Crippen LogP contribution in [0.3, 0.4) is 0 Å². The van der Waals surface area contributed by atoms with Crippen molar-refractivity contribution in [3.8, 4) is 0 Å². The summed E-state index contributed by atoms with van der Waals surface area (Å²) < 4.78 is 5.34. The topological polar surface area (TPSA) is 50.4 Å². The van der Waals surface area contributed by atoms with E-state index in [0.29, 0.717) is 18.5 Å². The summed E-state index contributed by atoms with van der Waals surface area (Å²) in [6.07, 6.45) is 6.99. The molecule has 0 spiro atoms. The summed E-state index contributed by atoms with van der Waals surface area (Å²) in [4.78, 5) is 12.2. The summed E-state index contributed by atoms with van der Waals surface area (Å²) in [6.45, 7) is 1.91. The van der Waals surface area contributed by atoms with Crippen LogP contribution in [-0.4, -0.2) is 31.7 Å². The molecule has 1 aromatic carbocycles. The number of carbonyl (C=O) groups excluding carboxylic acids is 1. The number of nitrogens with one attached hydrogen (secondary N) is 2. The molecular formula is C19H28N2O2. The Morgan fingerprint density at radius 2 is 1.78 bits per heavy atom. The Bertz CT molecular complexity index is 479. The molecule has 1 unspecified atom stereocenters. The van der Waals surface area contributed by atoms with Gasteiger partial charge in [0.05, 0.1) is 6.54 Å². The highest BCUT2D eigenvalue weighted by atomic mass is 16.5. The van der Waals surface area contributed by atoms with Gasteiger partial charge in [-0.25, -0.2) is 0 Å². The maximum Gasteiger partial charge on any atom is 0.234 e. The van der Waals surface area contributed by atoms with Crippen molar-refractivity contribution < 1.29 is 9.53 Å². The van der Waals surface area contributed by atoms with Gasteiger partial charge in [-0.05, 0) is 37.2 Å². The third-order valence-corrected chi connectivity index (χ3v) is 5.10. The predicted molar refractivity (Wildman–Crippen MR) is 91.1 cm³/mol. The fraction of sp³-hybridized carbons (Fsp3) is 0.632. The summed E-state index contributed by atoms with van der Waals surface area (Å²) in [7, 11) is 0. The monoisotopic (exact) mass is 316 g/mol. The number of ether oxygens (including phenoxy) is 1. The van der Waals surface area contributed by atoms with Crippen molar-refractivity contribution in [2.75, 3.05) is 19.8 Å². The van der Waals surface area contributed by atoms with Gasteiger partial charge in [-0.3, -0.25) is 4.79 Å². The van der Waals surface area contributed by atoms with Gasteiger partial charge in [0.15, 0.2) is 0 Å². The first-order valence-electron chi connectivity index (χ1n) is 8.98. The van der Waals surface area contributed by atoms with Crippen LogP contribution in [0.25, 0.3) is 0 Å². The van der Waals surface area contributed by atoms with Crippen LogP contribution in [0, 0.1) is 5.92 Å². The van der Waals surface area contributed by atoms with Crippen LogP contribution >= 0.6 is 0 Å². The molecule has 1 aliphatic carbocycles. The first-order chi connectivity index (χ1) is 11.3. The molecule has 2 fully saturated rings. The maximum atomic E-state index is 12.2. The van der Waals surface area contributed by atoms with Gasteiger partial charge in [-0.1, -0.05) is 43.2 Å². The minimum absolute atomic E-state index is 0.107. The molecule has 3 rings (SSSR count). The molecule has 1 aliphatic heterocycles. The second-order valence-electron chi connectivity index (χ2n) is 6.77. The van der Waals surface area contributed by atoms with E-state index in [1.807, 2.05) is 6.07 Å². The molecule has 1 aromatic rings. The molecule has 0 radical (unpaired) electrons. The summed E-state index contributed by atoms with van der Waals surface area (Å²) >= 11 is 0. The summed E-state index contributed by atoms with van der Waals surface area (Å²) in [5.41, 5.74) is 1.30. The molecule has 23 heavy (non-hydrogen) atoms. The van der Waals surface area contributed by atoms with Crippen molar-refractivity contribution in [1.82, 2.24) is 10.6 Å². The largest absolute Gasteiger partial charge is 0.381 e. The molecule has 1 amide bonds. The van der Waals surface area contributed by atoms with Crippen molar-refractivity contribution >= 4 is 5.91 Å². The van der Waals surface area contributed by atoms with Gasteiger partial charge in [0.2, 0.25) is 5.91 Å². The number of rotatable bonds is 6. The highest BCUT2D eigenvalue weighted by Crippen LogP contribution is 2.35. The van der Waals surface area contributed by atoms with Crippen LogP contribution in [0.5, 0.6) is 0 Å². The Hall–Kier alpha value is -1.39. The molecule has 1 saturated heterocycles. The fourth-order valence-corrected chi connectivity index (χ4v) is 3.83. The highest BCUT2D eigenvalue weighted by Gasteiger charge is 2.26. The first-order valence-corrected chi connectivity index (χ1v) is 8.98. The molecule has 0 bridgehead atoms. The Labute approximate surface area is 139 Å². The van der Waals surface area contributed by atoms with E-state index in [1.54, 1.807) is 0 Å². The molecule has 2 aliphatic rings. The Morgan fingerprint density at radius 1 is 1.09 bits per heavy atom. The Kier molecular flexibility index (Phi) is 6.06. The standard InChI is InChI=1S/C19H28N2O2/c22-18(21-17-10-12-23-13-11-17)14-20-19(16-8-4-5-9-16)15-6-2-1-3-7-15/h1-3,6-7,16-17,19-20H,4-5,8-14H2,(H,21,22). The second-order valence-corrected chi connectivity index (χ2v) is 6.77. The van der Waals surface area contributed by atoms with E-state index in [0.717, 1.165) is 26.1 Å². The van der Waals surface area contributed by atoms with Crippen molar-refractivity contribution in [3.63, 3.8) is 0 Å². The summed E-state index contributed by atoms with van der Waals surface area (Å²) in [5, 5.41) is 6.66. The average Bonchev–Trinajstić information content (AvgIpc) is 3.11. The number of benzene rings is 1. The van der Waals surface area contributed by atoms with Gasteiger partial charge in [0.25, 0.3) is 0 Å². The molecule has 1 saturated carbocycles.